The maximum atomic E-state index is 13.5. The molecule has 2 unspecified atom stereocenters. The van der Waals surface area contributed by atoms with Crippen molar-refractivity contribution >= 4 is 11.9 Å². The highest BCUT2D eigenvalue weighted by molar-refractivity contribution is 5.81. The summed E-state index contributed by atoms with van der Waals surface area (Å²) in [5.74, 6) is -2.54. The van der Waals surface area contributed by atoms with Gasteiger partial charge in [-0.2, -0.15) is 0 Å². The molecule has 0 saturated heterocycles. The van der Waals surface area contributed by atoms with Gasteiger partial charge in [-0.05, 0) is 18.6 Å². The van der Waals surface area contributed by atoms with Gasteiger partial charge in [-0.3, -0.25) is 9.59 Å². The Kier molecular flexibility index (Phi) is 6.14. The zero-order valence-electron chi connectivity index (χ0n) is 12.4. The Morgan fingerprint density at radius 3 is 2.52 bits per heavy atom. The number of ether oxygens (including phenoxy) is 1. The number of carbonyl (C=O) groups excluding carboxylic acids is 1. The van der Waals surface area contributed by atoms with Crippen molar-refractivity contribution in [2.75, 3.05) is 13.6 Å². The second-order valence-corrected chi connectivity index (χ2v) is 4.90. The number of rotatable bonds is 7. The topological polar surface area (TPSA) is 66.8 Å². The normalized spacial score (nSPS) is 13.3. The number of hydrogen-bond acceptors (Lipinski definition) is 3. The molecule has 0 aromatic heterocycles. The van der Waals surface area contributed by atoms with E-state index in [0.29, 0.717) is 6.42 Å². The molecule has 1 amide bonds. The van der Waals surface area contributed by atoms with E-state index in [2.05, 4.69) is 0 Å². The van der Waals surface area contributed by atoms with Crippen LogP contribution in [-0.4, -0.2) is 41.6 Å². The fraction of sp³-hybridized carbons (Fsp3) is 0.467. The van der Waals surface area contributed by atoms with E-state index >= 15 is 0 Å². The Balaban J connectivity index is 2.73. The standard InChI is InChI=1S/C15H20FNO4/c1-4-12(21-13-8-6-5-7-11(13)16)14(18)17(3)9-10(2)15(19)20/h5-8,10,12H,4,9H2,1-3H3,(H,19,20). The summed E-state index contributed by atoms with van der Waals surface area (Å²) in [7, 11) is 1.51. The second-order valence-electron chi connectivity index (χ2n) is 4.90. The number of carbonyl (C=O) groups is 2. The van der Waals surface area contributed by atoms with Crippen molar-refractivity contribution in [1.82, 2.24) is 4.90 Å². The largest absolute Gasteiger partial charge is 0.481 e. The number of halogens is 1. The molecule has 6 heteroatoms. The molecule has 0 bridgehead atoms. The molecule has 2 atom stereocenters. The number of likely N-dealkylation sites (N-methyl/N-ethyl adjacent to an activating group) is 1. The number of aliphatic carboxylic acids is 1. The highest BCUT2D eigenvalue weighted by atomic mass is 19.1. The number of amides is 1. The number of carboxylic acid groups (broad SMARTS) is 1. The molecule has 0 aliphatic carbocycles. The van der Waals surface area contributed by atoms with E-state index in [-0.39, 0.29) is 18.2 Å². The van der Waals surface area contributed by atoms with Gasteiger partial charge in [0, 0.05) is 13.6 Å². The van der Waals surface area contributed by atoms with Gasteiger partial charge in [-0.1, -0.05) is 26.0 Å². The van der Waals surface area contributed by atoms with E-state index in [1.54, 1.807) is 13.0 Å². The highest BCUT2D eigenvalue weighted by Gasteiger charge is 2.25. The van der Waals surface area contributed by atoms with Gasteiger partial charge in [-0.15, -0.1) is 0 Å². The first-order valence-electron chi connectivity index (χ1n) is 6.75. The van der Waals surface area contributed by atoms with Crippen LogP contribution in [0.1, 0.15) is 20.3 Å². The SMILES string of the molecule is CCC(Oc1ccccc1F)C(=O)N(C)CC(C)C(=O)O. The van der Waals surface area contributed by atoms with E-state index < -0.39 is 23.8 Å². The zero-order valence-corrected chi connectivity index (χ0v) is 12.4. The quantitative estimate of drug-likeness (QED) is 0.837. The molecule has 1 N–H and O–H groups in total. The van der Waals surface area contributed by atoms with Crippen LogP contribution in [0.15, 0.2) is 24.3 Å². The van der Waals surface area contributed by atoms with Gasteiger partial charge in [0.2, 0.25) is 0 Å². The molecular formula is C15H20FNO4. The van der Waals surface area contributed by atoms with Crippen LogP contribution in [0.25, 0.3) is 0 Å². The fourth-order valence-corrected chi connectivity index (χ4v) is 1.83. The van der Waals surface area contributed by atoms with Gasteiger partial charge in [-0.25, -0.2) is 4.39 Å². The number of carboxylic acids is 1. The average molecular weight is 297 g/mol. The first-order valence-corrected chi connectivity index (χ1v) is 6.75. The number of para-hydroxylation sites is 1. The predicted octanol–water partition coefficient (Wildman–Crippen LogP) is 2.16. The van der Waals surface area contributed by atoms with E-state index in [9.17, 15) is 14.0 Å². The van der Waals surface area contributed by atoms with Crippen LogP contribution >= 0.6 is 0 Å². The summed E-state index contributed by atoms with van der Waals surface area (Å²) in [6, 6.07) is 5.85. The summed E-state index contributed by atoms with van der Waals surface area (Å²) in [6.45, 7) is 3.34. The van der Waals surface area contributed by atoms with Gasteiger partial charge in [0.05, 0.1) is 5.92 Å². The first kappa shape index (κ1) is 16.9. The Morgan fingerprint density at radius 1 is 1.38 bits per heavy atom. The van der Waals surface area contributed by atoms with Gasteiger partial charge in [0.1, 0.15) is 0 Å². The summed E-state index contributed by atoms with van der Waals surface area (Å²) in [5.41, 5.74) is 0. The van der Waals surface area contributed by atoms with Crippen molar-refractivity contribution in [2.24, 2.45) is 5.92 Å². The van der Waals surface area contributed by atoms with Gasteiger partial charge < -0.3 is 14.7 Å². The van der Waals surface area contributed by atoms with Crippen molar-refractivity contribution in [2.45, 2.75) is 26.4 Å². The van der Waals surface area contributed by atoms with Crippen molar-refractivity contribution in [3.8, 4) is 5.75 Å². The molecule has 1 rings (SSSR count). The van der Waals surface area contributed by atoms with Crippen LogP contribution in [-0.2, 0) is 9.59 Å². The van der Waals surface area contributed by atoms with E-state index in [1.807, 2.05) is 0 Å². The summed E-state index contributed by atoms with van der Waals surface area (Å²) in [6.07, 6.45) is -0.480. The number of hydrogen-bond donors (Lipinski definition) is 1. The Labute approximate surface area is 123 Å². The third-order valence-electron chi connectivity index (χ3n) is 3.10. The third-order valence-corrected chi connectivity index (χ3v) is 3.10. The fourth-order valence-electron chi connectivity index (χ4n) is 1.83. The smallest absolute Gasteiger partial charge is 0.308 e. The molecule has 0 heterocycles. The van der Waals surface area contributed by atoms with E-state index in [0.717, 1.165) is 0 Å². The minimum atomic E-state index is -0.974. The summed E-state index contributed by atoms with van der Waals surface area (Å²) in [4.78, 5) is 24.3. The minimum Gasteiger partial charge on any atom is -0.481 e. The molecule has 0 radical (unpaired) electrons. The summed E-state index contributed by atoms with van der Waals surface area (Å²) in [5, 5.41) is 8.86. The molecule has 0 saturated carbocycles. The molecule has 0 spiro atoms. The lowest BCUT2D eigenvalue weighted by atomic mass is 10.1. The van der Waals surface area contributed by atoms with Gasteiger partial charge >= 0.3 is 5.97 Å². The highest BCUT2D eigenvalue weighted by Crippen LogP contribution is 2.19. The van der Waals surface area contributed by atoms with Gasteiger partial charge in [0.25, 0.3) is 5.91 Å². The van der Waals surface area contributed by atoms with Crippen molar-refractivity contribution in [1.29, 1.82) is 0 Å². The maximum absolute atomic E-state index is 13.5. The third kappa shape index (κ3) is 4.73. The minimum absolute atomic E-state index is 0.0115. The first-order chi connectivity index (χ1) is 9.86. The molecule has 1 aromatic carbocycles. The van der Waals surface area contributed by atoms with Gasteiger partial charge in [0.15, 0.2) is 17.7 Å². The number of nitrogens with zero attached hydrogens (tertiary/aromatic N) is 1. The van der Waals surface area contributed by atoms with Crippen LogP contribution in [0.4, 0.5) is 4.39 Å². The van der Waals surface area contributed by atoms with E-state index in [1.165, 1.54) is 37.1 Å². The lowest BCUT2D eigenvalue weighted by Crippen LogP contribution is -2.42. The molecule has 0 aliphatic heterocycles. The van der Waals surface area contributed by atoms with Crippen molar-refractivity contribution in [3.63, 3.8) is 0 Å². The number of benzene rings is 1. The molecule has 1 aromatic rings. The van der Waals surface area contributed by atoms with Crippen LogP contribution in [0.5, 0.6) is 5.75 Å². The Morgan fingerprint density at radius 2 is 2.00 bits per heavy atom. The summed E-state index contributed by atoms with van der Waals surface area (Å²) < 4.78 is 18.9. The van der Waals surface area contributed by atoms with Crippen molar-refractivity contribution < 1.29 is 23.8 Å². The molecule has 0 aliphatic rings. The van der Waals surface area contributed by atoms with Crippen LogP contribution in [0, 0.1) is 11.7 Å². The Hall–Kier alpha value is -2.11. The van der Waals surface area contributed by atoms with E-state index in [4.69, 9.17) is 9.84 Å². The molecular weight excluding hydrogens is 277 g/mol. The average Bonchev–Trinajstić information content (AvgIpc) is 2.45. The van der Waals surface area contributed by atoms with Crippen LogP contribution in [0.2, 0.25) is 0 Å². The zero-order chi connectivity index (χ0) is 16.0. The Bertz CT molecular complexity index is 506. The molecule has 5 nitrogen and oxygen atoms in total. The van der Waals surface area contributed by atoms with Crippen LogP contribution < -0.4 is 4.74 Å². The second kappa shape index (κ2) is 7.61. The maximum Gasteiger partial charge on any atom is 0.308 e. The lowest BCUT2D eigenvalue weighted by Gasteiger charge is -2.25. The molecule has 0 fully saturated rings. The van der Waals surface area contributed by atoms with Crippen molar-refractivity contribution in [3.05, 3.63) is 30.1 Å². The molecule has 116 valence electrons. The monoisotopic (exact) mass is 297 g/mol. The predicted molar refractivity (Wildman–Crippen MR) is 75.5 cm³/mol. The summed E-state index contributed by atoms with van der Waals surface area (Å²) >= 11 is 0. The van der Waals surface area contributed by atoms with Crippen LogP contribution in [0.3, 0.4) is 0 Å². The molecule has 21 heavy (non-hydrogen) atoms. The lowest BCUT2D eigenvalue weighted by molar-refractivity contribution is -0.144.